The van der Waals surface area contributed by atoms with E-state index in [9.17, 15) is 8.42 Å². The summed E-state index contributed by atoms with van der Waals surface area (Å²) in [7, 11) is -4.25. The van der Waals surface area contributed by atoms with Gasteiger partial charge in [0.1, 0.15) is 0 Å². The Kier molecular flexibility index (Phi) is 2.86. The van der Waals surface area contributed by atoms with Crippen molar-refractivity contribution in [1.29, 1.82) is 0 Å². The van der Waals surface area contributed by atoms with Crippen LogP contribution in [0.5, 0.6) is 0 Å². The third-order valence-corrected chi connectivity index (χ3v) is 3.00. The summed E-state index contributed by atoms with van der Waals surface area (Å²) in [5, 5.41) is 9.79. The van der Waals surface area contributed by atoms with Crippen molar-refractivity contribution >= 4 is 32.8 Å². The Morgan fingerprint density at radius 2 is 2.00 bits per heavy atom. The normalized spacial score (nSPS) is 23.2. The first-order chi connectivity index (χ1) is 14.5. The predicted molar refractivity (Wildman–Crippen MR) is 83.9 cm³/mol. The van der Waals surface area contributed by atoms with Gasteiger partial charge in [-0.05, 0) is 22.8 Å². The highest BCUT2D eigenvalue weighted by atomic mass is 32.2. The van der Waals surface area contributed by atoms with E-state index in [1.807, 2.05) is 0 Å². The molecule has 0 bridgehead atoms. The minimum absolute atomic E-state index is 0.168. The van der Waals surface area contributed by atoms with Gasteiger partial charge in [0, 0.05) is 34.5 Å². The van der Waals surface area contributed by atoms with E-state index in [0.717, 1.165) is 11.3 Å². The molecule has 20 heavy (non-hydrogen) atoms. The maximum atomic E-state index is 10.9. The van der Waals surface area contributed by atoms with Crippen molar-refractivity contribution in [2.45, 2.75) is 12.7 Å². The zero-order valence-corrected chi connectivity index (χ0v) is 12.4. The fraction of sp³-hybridized carbons (Fsp3) is 0.385. The van der Waals surface area contributed by atoms with E-state index in [1.165, 1.54) is 5.38 Å². The van der Waals surface area contributed by atoms with Crippen LogP contribution >= 0.6 is 22.7 Å². The average molecular weight is 348 g/mol. The van der Waals surface area contributed by atoms with Crippen LogP contribution in [0.15, 0.2) is 34.9 Å². The van der Waals surface area contributed by atoms with E-state index in [4.69, 9.17) is 22.9 Å². The molecule has 2 aromatic rings. The number of thiophene rings is 2. The van der Waals surface area contributed by atoms with Gasteiger partial charge in [-0.15, -0.1) is 22.7 Å². The summed E-state index contributed by atoms with van der Waals surface area (Å²) in [5.41, 5.74) is 0. The largest absolute Gasteiger partial charge is 0.396 e. The van der Waals surface area contributed by atoms with E-state index < -0.39 is 58.3 Å². The Balaban J connectivity index is 0.000000346. The van der Waals surface area contributed by atoms with Crippen molar-refractivity contribution in [3.8, 4) is 0 Å². The molecule has 4 nitrogen and oxygen atoms in total. The molecule has 2 rings (SSSR count). The lowest BCUT2D eigenvalue weighted by atomic mass is 10.4. The molecule has 7 heteroatoms. The Bertz CT molecular complexity index is 1100. The van der Waals surface area contributed by atoms with Crippen molar-refractivity contribution < 1.29 is 35.5 Å². The highest BCUT2D eigenvalue weighted by molar-refractivity contribution is 7.85. The Morgan fingerprint density at radius 1 is 1.30 bits per heavy atom. The van der Waals surface area contributed by atoms with Gasteiger partial charge in [-0.3, -0.25) is 4.18 Å². The molecule has 0 saturated heterocycles. The molecule has 0 aromatic carbocycles. The molecular formula is C13H18O4S3. The van der Waals surface area contributed by atoms with E-state index in [-0.39, 0.29) is 17.0 Å². The zero-order valence-electron chi connectivity index (χ0n) is 23.0. The molecule has 0 aliphatic carbocycles. The minimum atomic E-state index is -4.25. The number of hydrogen-bond acceptors (Lipinski definition) is 6. The molecular weight excluding hydrogens is 316 g/mol. The number of aryl methyl sites for hydroxylation is 2. The second kappa shape index (κ2) is 9.25. The molecule has 0 spiro atoms. The van der Waals surface area contributed by atoms with Gasteiger partial charge >= 0.3 is 0 Å². The van der Waals surface area contributed by atoms with Crippen LogP contribution < -0.4 is 0 Å². The number of rotatable bonds is 6. The van der Waals surface area contributed by atoms with Gasteiger partial charge in [0.2, 0.25) is 0 Å². The van der Waals surface area contributed by atoms with Crippen LogP contribution in [0.25, 0.3) is 0 Å². The van der Waals surface area contributed by atoms with E-state index in [0.29, 0.717) is 17.6 Å². The van der Waals surface area contributed by atoms with Gasteiger partial charge in [0.15, 0.2) is 0 Å². The van der Waals surface area contributed by atoms with Gasteiger partial charge in [-0.1, -0.05) is 12.1 Å². The maximum absolute atomic E-state index is 10.9. The fourth-order valence-electron chi connectivity index (χ4n) is 0.708. The van der Waals surface area contributed by atoms with Crippen LogP contribution in [0.4, 0.5) is 0 Å². The first-order valence-electron chi connectivity index (χ1n) is 11.2. The lowest BCUT2D eigenvalue weighted by Crippen LogP contribution is -2.05. The molecule has 2 aromatic heterocycles. The lowest BCUT2D eigenvalue weighted by molar-refractivity contribution is 0.300. The van der Waals surface area contributed by atoms with Gasteiger partial charge in [0.05, 0.1) is 25.2 Å². The quantitative estimate of drug-likeness (QED) is 0.816. The van der Waals surface area contributed by atoms with Crippen molar-refractivity contribution in [3.05, 3.63) is 44.7 Å². The minimum Gasteiger partial charge on any atom is -0.396 e. The molecule has 112 valence electrons. The molecule has 0 aliphatic rings. The molecule has 0 radical (unpaired) electrons. The summed E-state index contributed by atoms with van der Waals surface area (Å²) in [6.45, 7) is -6.31. The third kappa shape index (κ3) is 8.44. The molecule has 0 fully saturated rings. The van der Waals surface area contributed by atoms with Crippen LogP contribution in [-0.4, -0.2) is 32.9 Å². The lowest BCUT2D eigenvalue weighted by Gasteiger charge is -1.97. The maximum Gasteiger partial charge on any atom is 0.264 e. The summed E-state index contributed by atoms with van der Waals surface area (Å²) in [6, 6.07) is -1.74. The second-order valence-corrected chi connectivity index (χ2v) is 6.14. The molecule has 1 N–H and O–H groups in total. The average Bonchev–Trinajstić information content (AvgIpc) is 3.07. The van der Waals surface area contributed by atoms with Gasteiger partial charge in [-0.2, -0.15) is 8.42 Å². The summed E-state index contributed by atoms with van der Waals surface area (Å²) < 4.78 is 121. The first-order valence-corrected chi connectivity index (χ1v) is 8.24. The summed E-state index contributed by atoms with van der Waals surface area (Å²) in [4.78, 5) is -0.828. The van der Waals surface area contributed by atoms with Crippen LogP contribution in [0, 0.1) is 0 Å². The fourth-order valence-corrected chi connectivity index (χ4v) is 1.76. The van der Waals surface area contributed by atoms with Crippen molar-refractivity contribution in [2.75, 3.05) is 19.4 Å². The highest BCUT2D eigenvalue weighted by Gasteiger charge is 2.01. The third-order valence-electron chi connectivity index (χ3n) is 1.33. The van der Waals surface area contributed by atoms with Gasteiger partial charge < -0.3 is 5.11 Å². The number of aliphatic hydroxyl groups is 1. The molecule has 0 aliphatic heterocycles. The van der Waals surface area contributed by atoms with Crippen LogP contribution in [0.2, 0.25) is 0 Å². The monoisotopic (exact) mass is 347 g/mol. The Labute approximate surface area is 146 Å². The zero-order chi connectivity index (χ0) is 26.4. The molecule has 2 heterocycles. The molecule has 0 atom stereocenters. The second-order valence-electron chi connectivity index (χ2n) is 2.87. The highest BCUT2D eigenvalue weighted by Crippen LogP contribution is 2.09. The van der Waals surface area contributed by atoms with Crippen molar-refractivity contribution in [3.63, 3.8) is 0 Å². The van der Waals surface area contributed by atoms with Gasteiger partial charge in [0.25, 0.3) is 10.1 Å². The van der Waals surface area contributed by atoms with E-state index >= 15 is 0 Å². The van der Waals surface area contributed by atoms with Crippen LogP contribution in [-0.2, 0) is 27.0 Å². The van der Waals surface area contributed by atoms with Crippen LogP contribution in [0.1, 0.15) is 27.6 Å². The molecule has 0 saturated carbocycles. The first kappa shape index (κ1) is 6.18. The van der Waals surface area contributed by atoms with E-state index in [1.54, 1.807) is 0 Å². The summed E-state index contributed by atoms with van der Waals surface area (Å²) in [6.07, 6.45) is -5.07. The SMILES string of the molecule is [2H]c1csc(C([2H])([2H])C([2H])([2H])O)c1[2H].[2H]c1sc(C([2H])([2H])C([2H])([2H])OS(C)(=O)=O)c([2H])c1[2H]. The topological polar surface area (TPSA) is 63.6 Å². The van der Waals surface area contributed by atoms with Crippen molar-refractivity contribution in [2.24, 2.45) is 0 Å². The van der Waals surface area contributed by atoms with Crippen molar-refractivity contribution in [1.82, 2.24) is 0 Å². The molecule has 0 amide bonds. The van der Waals surface area contributed by atoms with E-state index in [2.05, 4.69) is 4.18 Å². The van der Waals surface area contributed by atoms with Crippen LogP contribution in [0.3, 0.4) is 0 Å². The Hall–Kier alpha value is -0.730. The Morgan fingerprint density at radius 3 is 2.50 bits per heavy atom. The summed E-state index contributed by atoms with van der Waals surface area (Å²) >= 11 is 1.16. The smallest absolute Gasteiger partial charge is 0.264 e. The summed E-state index contributed by atoms with van der Waals surface area (Å²) in [5.74, 6) is 0. The van der Waals surface area contributed by atoms with Gasteiger partial charge in [-0.25, -0.2) is 0 Å². The molecule has 0 unspecified atom stereocenters. The number of hydrogen-bond donors (Lipinski definition) is 1. The predicted octanol–water partition coefficient (Wildman–Crippen LogP) is 2.55. The standard InChI is InChI=1S/C7H10O3S2.C6H8OS/c1-12(8,9)10-5-4-7-3-2-6-11-7;7-4-3-6-2-1-5-8-6/h2-3,6H,4-5H2,1H3;1-2,5,7H,3-4H2/i2D,3D,4D2,5D2,6D;1D,2D,3D2,4D2.